The lowest BCUT2D eigenvalue weighted by Crippen LogP contribution is -2.09. The molecule has 0 radical (unpaired) electrons. The maximum atomic E-state index is 11.1. The number of nitrogens with one attached hydrogen (secondary N) is 1. The van der Waals surface area contributed by atoms with E-state index in [9.17, 15) is 9.59 Å². The zero-order chi connectivity index (χ0) is 11.6. The topological polar surface area (TPSA) is 79.4 Å². The van der Waals surface area contributed by atoms with Gasteiger partial charge in [0.1, 0.15) is 0 Å². The number of rotatable bonds is 3. The molecule has 0 amide bonds. The molecule has 0 spiro atoms. The summed E-state index contributed by atoms with van der Waals surface area (Å²) in [7, 11) is 1.25. The molecule has 0 aliphatic rings. The van der Waals surface area contributed by atoms with Gasteiger partial charge in [-0.3, -0.25) is 4.79 Å². The van der Waals surface area contributed by atoms with Gasteiger partial charge in [0.15, 0.2) is 0 Å². The number of carbonyl (C=O) groups is 2. The molecule has 15 heavy (non-hydrogen) atoms. The lowest BCUT2D eigenvalue weighted by Gasteiger charge is -2.00. The molecule has 2 N–H and O–H groups in total. The van der Waals surface area contributed by atoms with Crippen molar-refractivity contribution in [2.75, 3.05) is 7.11 Å². The summed E-state index contributed by atoms with van der Waals surface area (Å²) in [6.45, 7) is 1.62. The Morgan fingerprint density at radius 1 is 1.53 bits per heavy atom. The lowest BCUT2D eigenvalue weighted by atomic mass is 10.1. The molecule has 0 aliphatic carbocycles. The summed E-state index contributed by atoms with van der Waals surface area (Å²) in [6, 6.07) is 0. The van der Waals surface area contributed by atoms with E-state index in [1.54, 1.807) is 6.92 Å². The van der Waals surface area contributed by atoms with Crippen LogP contribution in [0.15, 0.2) is 5.03 Å². The van der Waals surface area contributed by atoms with Gasteiger partial charge >= 0.3 is 11.9 Å². The number of hydrogen-bond donors (Lipinski definition) is 3. The fraction of sp³-hybridized carbons (Fsp3) is 0.333. The van der Waals surface area contributed by atoms with Crippen LogP contribution in [0.3, 0.4) is 0 Å². The van der Waals surface area contributed by atoms with Gasteiger partial charge in [-0.05, 0) is 6.92 Å². The van der Waals surface area contributed by atoms with Crippen LogP contribution < -0.4 is 0 Å². The van der Waals surface area contributed by atoms with E-state index in [0.29, 0.717) is 16.3 Å². The number of carboxylic acid groups (broad SMARTS) is 1. The van der Waals surface area contributed by atoms with Crippen LogP contribution in [0.1, 0.15) is 21.6 Å². The quantitative estimate of drug-likeness (QED) is 0.534. The third-order valence-corrected chi connectivity index (χ3v) is 2.41. The molecule has 0 unspecified atom stereocenters. The molecule has 1 aromatic heterocycles. The molecule has 6 heteroatoms. The number of aryl methyl sites for hydroxylation is 1. The average Bonchev–Trinajstić information content (AvgIpc) is 2.41. The number of carboxylic acids is 1. The molecule has 0 atom stereocenters. The fourth-order valence-corrected chi connectivity index (χ4v) is 1.70. The molecule has 1 aromatic rings. The maximum absolute atomic E-state index is 11.1. The van der Waals surface area contributed by atoms with E-state index in [1.165, 1.54) is 7.11 Å². The van der Waals surface area contributed by atoms with Crippen LogP contribution in [0.4, 0.5) is 0 Å². The van der Waals surface area contributed by atoms with Gasteiger partial charge in [-0.15, -0.1) is 12.6 Å². The molecule has 0 aliphatic heterocycles. The Balaban J connectivity index is 3.15. The minimum atomic E-state index is -1.08. The third kappa shape index (κ3) is 2.33. The monoisotopic (exact) mass is 229 g/mol. The molecule has 0 saturated heterocycles. The Bertz CT molecular complexity index is 410. The van der Waals surface area contributed by atoms with E-state index >= 15 is 0 Å². The number of esters is 1. The van der Waals surface area contributed by atoms with Gasteiger partial charge in [0.25, 0.3) is 0 Å². The second-order valence-corrected chi connectivity index (χ2v) is 3.46. The van der Waals surface area contributed by atoms with Crippen LogP contribution in [-0.4, -0.2) is 29.1 Å². The summed E-state index contributed by atoms with van der Waals surface area (Å²) in [5.41, 5.74) is 0.923. The first-order valence-electron chi connectivity index (χ1n) is 4.17. The van der Waals surface area contributed by atoms with E-state index < -0.39 is 11.9 Å². The number of aromatic carboxylic acids is 1. The molecule has 0 aromatic carbocycles. The molecule has 1 heterocycles. The van der Waals surface area contributed by atoms with Crippen molar-refractivity contribution in [2.45, 2.75) is 18.4 Å². The van der Waals surface area contributed by atoms with Crippen molar-refractivity contribution in [2.24, 2.45) is 0 Å². The first-order chi connectivity index (χ1) is 6.97. The summed E-state index contributed by atoms with van der Waals surface area (Å²) in [4.78, 5) is 24.7. The number of ether oxygens (including phenoxy) is 1. The van der Waals surface area contributed by atoms with Crippen LogP contribution in [0.2, 0.25) is 0 Å². The smallest absolute Gasteiger partial charge is 0.337 e. The Morgan fingerprint density at radius 3 is 2.60 bits per heavy atom. The minimum absolute atomic E-state index is 0.0883. The first kappa shape index (κ1) is 11.6. The number of hydrogen-bond acceptors (Lipinski definition) is 4. The number of aromatic amines is 1. The van der Waals surface area contributed by atoms with Crippen LogP contribution in [-0.2, 0) is 16.0 Å². The zero-order valence-corrected chi connectivity index (χ0v) is 9.22. The van der Waals surface area contributed by atoms with E-state index in [2.05, 4.69) is 22.3 Å². The number of thiol groups is 1. The highest BCUT2D eigenvalue weighted by Crippen LogP contribution is 2.22. The Kier molecular flexibility index (Phi) is 3.41. The van der Waals surface area contributed by atoms with Gasteiger partial charge in [-0.25, -0.2) is 4.79 Å². The first-order valence-corrected chi connectivity index (χ1v) is 4.62. The molecule has 0 saturated carbocycles. The Labute approximate surface area is 91.9 Å². The van der Waals surface area contributed by atoms with Crippen molar-refractivity contribution in [3.63, 3.8) is 0 Å². The molecular weight excluding hydrogens is 218 g/mol. The van der Waals surface area contributed by atoms with Gasteiger partial charge in [-0.2, -0.15) is 0 Å². The Morgan fingerprint density at radius 2 is 2.13 bits per heavy atom. The van der Waals surface area contributed by atoms with Crippen LogP contribution >= 0.6 is 12.6 Å². The van der Waals surface area contributed by atoms with Gasteiger partial charge in [-0.1, -0.05) is 0 Å². The predicted octanol–water partition coefficient (Wildman–Crippen LogP) is 1.03. The average molecular weight is 229 g/mol. The largest absolute Gasteiger partial charge is 0.478 e. The van der Waals surface area contributed by atoms with Crippen molar-refractivity contribution in [3.8, 4) is 0 Å². The van der Waals surface area contributed by atoms with Gasteiger partial charge in [0.2, 0.25) is 0 Å². The Hall–Kier alpha value is -1.43. The van der Waals surface area contributed by atoms with Crippen molar-refractivity contribution in [3.05, 3.63) is 16.8 Å². The lowest BCUT2D eigenvalue weighted by molar-refractivity contribution is -0.139. The number of aromatic nitrogens is 1. The van der Waals surface area contributed by atoms with Crippen LogP contribution in [0, 0.1) is 6.92 Å². The summed E-state index contributed by atoms with van der Waals surface area (Å²) in [5, 5.41) is 9.32. The fourth-order valence-electron chi connectivity index (χ4n) is 1.34. The third-order valence-electron chi connectivity index (χ3n) is 2.03. The SMILES string of the molecule is COC(=O)Cc1c(S)[nH]c(C)c1C(=O)O. The van der Waals surface area contributed by atoms with Crippen molar-refractivity contribution >= 4 is 24.6 Å². The molecule has 5 nitrogen and oxygen atoms in total. The van der Waals surface area contributed by atoms with Crippen LogP contribution in [0.25, 0.3) is 0 Å². The normalized spacial score (nSPS) is 10.1. The van der Waals surface area contributed by atoms with E-state index in [4.69, 9.17) is 5.11 Å². The maximum Gasteiger partial charge on any atom is 0.337 e. The van der Waals surface area contributed by atoms with Gasteiger partial charge < -0.3 is 14.8 Å². The molecular formula is C9H11NO4S. The predicted molar refractivity (Wildman–Crippen MR) is 55.5 cm³/mol. The molecule has 0 fully saturated rings. The summed E-state index contributed by atoms with van der Waals surface area (Å²) in [5.74, 6) is -1.57. The van der Waals surface area contributed by atoms with Crippen LogP contribution in [0.5, 0.6) is 0 Å². The summed E-state index contributed by atoms with van der Waals surface area (Å²) >= 11 is 4.07. The highest BCUT2D eigenvalue weighted by molar-refractivity contribution is 7.80. The summed E-state index contributed by atoms with van der Waals surface area (Å²) < 4.78 is 4.47. The molecule has 82 valence electrons. The second kappa shape index (κ2) is 4.39. The highest BCUT2D eigenvalue weighted by Gasteiger charge is 2.21. The summed E-state index contributed by atoms with van der Waals surface area (Å²) in [6.07, 6.45) is -0.0959. The second-order valence-electron chi connectivity index (χ2n) is 3.01. The van der Waals surface area contributed by atoms with E-state index in [-0.39, 0.29) is 12.0 Å². The minimum Gasteiger partial charge on any atom is -0.478 e. The van der Waals surface area contributed by atoms with Crippen molar-refractivity contribution in [1.29, 1.82) is 0 Å². The number of carbonyl (C=O) groups excluding carboxylic acids is 1. The van der Waals surface area contributed by atoms with E-state index in [1.807, 2.05) is 0 Å². The van der Waals surface area contributed by atoms with Gasteiger partial charge in [0.05, 0.1) is 24.1 Å². The highest BCUT2D eigenvalue weighted by atomic mass is 32.1. The zero-order valence-electron chi connectivity index (χ0n) is 8.33. The van der Waals surface area contributed by atoms with Gasteiger partial charge in [0, 0.05) is 11.3 Å². The van der Waals surface area contributed by atoms with Crippen molar-refractivity contribution < 1.29 is 19.4 Å². The van der Waals surface area contributed by atoms with Crippen molar-refractivity contribution in [1.82, 2.24) is 4.98 Å². The molecule has 1 rings (SSSR count). The molecule has 0 bridgehead atoms. The number of H-pyrrole nitrogens is 1. The number of methoxy groups -OCH3 is 1. The van der Waals surface area contributed by atoms with E-state index in [0.717, 1.165) is 0 Å². The standard InChI is InChI=1S/C9H11NO4S/c1-4-7(9(12)13)5(8(15)10-4)3-6(11)14-2/h10,15H,3H2,1-2H3,(H,12,13).